The van der Waals surface area contributed by atoms with Crippen LogP contribution < -0.4 is 5.32 Å². The van der Waals surface area contributed by atoms with Gasteiger partial charge in [-0.25, -0.2) is 4.99 Å². The van der Waals surface area contributed by atoms with E-state index in [0.29, 0.717) is 13.2 Å². The first kappa shape index (κ1) is 24.2. The smallest absolute Gasteiger partial charge is 0.309 e. The molecule has 1 aliphatic heterocycles. The van der Waals surface area contributed by atoms with Crippen LogP contribution in [0, 0.1) is 5.92 Å². The molecule has 0 bridgehead atoms. The van der Waals surface area contributed by atoms with Crippen molar-refractivity contribution in [2.45, 2.75) is 39.8 Å². The van der Waals surface area contributed by atoms with Crippen LogP contribution in [0.25, 0.3) is 0 Å². The Hall–Kier alpha value is -2.10. The highest BCUT2D eigenvalue weighted by Crippen LogP contribution is 2.19. The molecule has 2 aromatic rings. The van der Waals surface area contributed by atoms with Gasteiger partial charge in [0.25, 0.3) is 0 Å². The second-order valence-corrected chi connectivity index (χ2v) is 7.16. The first-order valence-electron chi connectivity index (χ1n) is 10.4. The number of aromatic nitrogens is 2. The molecule has 2 heterocycles. The number of guanidine groups is 1. The van der Waals surface area contributed by atoms with Crippen molar-refractivity contribution in [1.29, 1.82) is 0 Å². The molecule has 0 spiro atoms. The SMILES string of the molecule is CCNC(=NCc1ccccc1Cn1cccn1)N1CCC(C(=O)OCC)CC1.I. The number of carbonyl (C=O) groups excluding carboxylic acids is 1. The van der Waals surface area contributed by atoms with Crippen molar-refractivity contribution >= 4 is 35.9 Å². The summed E-state index contributed by atoms with van der Waals surface area (Å²) in [6.07, 6.45) is 5.38. The molecule has 1 saturated heterocycles. The molecule has 1 fully saturated rings. The predicted molar refractivity (Wildman–Crippen MR) is 129 cm³/mol. The number of nitrogens with zero attached hydrogens (tertiary/aromatic N) is 4. The van der Waals surface area contributed by atoms with E-state index >= 15 is 0 Å². The number of esters is 1. The maximum absolute atomic E-state index is 12.0. The maximum atomic E-state index is 12.0. The lowest BCUT2D eigenvalue weighted by atomic mass is 9.97. The van der Waals surface area contributed by atoms with E-state index in [1.54, 1.807) is 6.20 Å². The van der Waals surface area contributed by atoms with E-state index in [4.69, 9.17) is 9.73 Å². The minimum Gasteiger partial charge on any atom is -0.466 e. The Morgan fingerprint density at radius 1 is 1.20 bits per heavy atom. The lowest BCUT2D eigenvalue weighted by Gasteiger charge is -2.33. The fourth-order valence-corrected chi connectivity index (χ4v) is 3.61. The number of nitrogens with one attached hydrogen (secondary N) is 1. The van der Waals surface area contributed by atoms with Gasteiger partial charge in [0.2, 0.25) is 0 Å². The van der Waals surface area contributed by atoms with E-state index in [0.717, 1.165) is 45.0 Å². The molecule has 8 heteroatoms. The first-order chi connectivity index (χ1) is 14.2. The van der Waals surface area contributed by atoms with Gasteiger partial charge in [-0.3, -0.25) is 9.48 Å². The topological polar surface area (TPSA) is 71.8 Å². The summed E-state index contributed by atoms with van der Waals surface area (Å²) in [6, 6.07) is 10.3. The molecule has 0 saturated carbocycles. The Balaban J connectivity index is 0.00000320. The van der Waals surface area contributed by atoms with Crippen molar-refractivity contribution in [1.82, 2.24) is 20.0 Å². The number of ether oxygens (including phenoxy) is 1. The van der Waals surface area contributed by atoms with Crippen LogP contribution in [0.2, 0.25) is 0 Å². The van der Waals surface area contributed by atoms with Crippen molar-refractivity contribution in [2.75, 3.05) is 26.2 Å². The third-order valence-electron chi connectivity index (χ3n) is 5.16. The molecule has 0 aliphatic carbocycles. The third kappa shape index (κ3) is 6.72. The number of benzene rings is 1. The average Bonchev–Trinajstić information content (AvgIpc) is 3.25. The van der Waals surface area contributed by atoms with Gasteiger partial charge in [-0.2, -0.15) is 5.10 Å². The molecule has 7 nitrogen and oxygen atoms in total. The summed E-state index contributed by atoms with van der Waals surface area (Å²) >= 11 is 0. The minimum absolute atomic E-state index is 0. The number of likely N-dealkylation sites (tertiary alicyclic amines) is 1. The molecule has 1 N–H and O–H groups in total. The molecule has 0 amide bonds. The number of aliphatic imine (C=N–C) groups is 1. The molecule has 30 heavy (non-hydrogen) atoms. The van der Waals surface area contributed by atoms with Crippen LogP contribution in [-0.2, 0) is 22.6 Å². The molecule has 0 atom stereocenters. The van der Waals surface area contributed by atoms with E-state index < -0.39 is 0 Å². The van der Waals surface area contributed by atoms with Gasteiger partial charge in [-0.15, -0.1) is 24.0 Å². The second kappa shape index (κ2) is 12.6. The van der Waals surface area contributed by atoms with Crippen LogP contribution in [0.15, 0.2) is 47.7 Å². The second-order valence-electron chi connectivity index (χ2n) is 7.16. The van der Waals surface area contributed by atoms with Gasteiger partial charge < -0.3 is 15.0 Å². The fraction of sp³-hybridized carbons (Fsp3) is 0.500. The summed E-state index contributed by atoms with van der Waals surface area (Å²) in [5.41, 5.74) is 2.41. The molecule has 1 aromatic carbocycles. The molecular formula is C22H32IN5O2. The summed E-state index contributed by atoms with van der Waals surface area (Å²) in [5.74, 6) is 0.842. The van der Waals surface area contributed by atoms with Gasteiger partial charge in [0.05, 0.1) is 25.6 Å². The van der Waals surface area contributed by atoms with Crippen LogP contribution in [-0.4, -0.2) is 52.9 Å². The Morgan fingerprint density at radius 2 is 1.93 bits per heavy atom. The van der Waals surface area contributed by atoms with Crippen LogP contribution in [0.4, 0.5) is 0 Å². The molecule has 0 unspecified atom stereocenters. The Labute approximate surface area is 195 Å². The minimum atomic E-state index is -0.0679. The van der Waals surface area contributed by atoms with E-state index in [1.807, 2.05) is 23.9 Å². The third-order valence-corrected chi connectivity index (χ3v) is 5.16. The van der Waals surface area contributed by atoms with Gasteiger partial charge in [0.1, 0.15) is 0 Å². The normalized spacial score (nSPS) is 14.9. The van der Waals surface area contributed by atoms with Crippen molar-refractivity contribution in [3.63, 3.8) is 0 Å². The summed E-state index contributed by atoms with van der Waals surface area (Å²) in [4.78, 5) is 19.1. The molecule has 0 radical (unpaired) electrons. The quantitative estimate of drug-likeness (QED) is 0.260. The highest BCUT2D eigenvalue weighted by Gasteiger charge is 2.27. The van der Waals surface area contributed by atoms with Crippen molar-refractivity contribution < 1.29 is 9.53 Å². The first-order valence-corrected chi connectivity index (χ1v) is 10.4. The molecule has 1 aliphatic rings. The highest BCUT2D eigenvalue weighted by molar-refractivity contribution is 14.0. The lowest BCUT2D eigenvalue weighted by molar-refractivity contribution is -0.149. The largest absolute Gasteiger partial charge is 0.466 e. The van der Waals surface area contributed by atoms with Crippen LogP contribution in [0.5, 0.6) is 0 Å². The predicted octanol–water partition coefficient (Wildman–Crippen LogP) is 3.29. The van der Waals surface area contributed by atoms with E-state index in [-0.39, 0.29) is 35.9 Å². The van der Waals surface area contributed by atoms with Crippen LogP contribution in [0.1, 0.15) is 37.8 Å². The number of hydrogen-bond donors (Lipinski definition) is 1. The Bertz CT molecular complexity index is 802. The zero-order valence-electron chi connectivity index (χ0n) is 17.8. The Kier molecular flexibility index (Phi) is 10.1. The molecule has 164 valence electrons. The zero-order chi connectivity index (χ0) is 20.5. The lowest BCUT2D eigenvalue weighted by Crippen LogP contribution is -2.46. The van der Waals surface area contributed by atoms with Gasteiger partial charge in [0, 0.05) is 32.0 Å². The summed E-state index contributed by atoms with van der Waals surface area (Å²) in [7, 11) is 0. The molecule has 1 aromatic heterocycles. The van der Waals surface area contributed by atoms with Gasteiger partial charge in [0.15, 0.2) is 5.96 Å². The van der Waals surface area contributed by atoms with Gasteiger partial charge in [-0.05, 0) is 43.9 Å². The number of piperidine rings is 1. The van der Waals surface area contributed by atoms with Crippen molar-refractivity contribution in [3.8, 4) is 0 Å². The number of rotatable bonds is 7. The van der Waals surface area contributed by atoms with Gasteiger partial charge >= 0.3 is 5.97 Å². The van der Waals surface area contributed by atoms with E-state index in [9.17, 15) is 4.79 Å². The monoisotopic (exact) mass is 525 g/mol. The Morgan fingerprint density at radius 3 is 2.57 bits per heavy atom. The van der Waals surface area contributed by atoms with Gasteiger partial charge in [-0.1, -0.05) is 24.3 Å². The van der Waals surface area contributed by atoms with Crippen molar-refractivity contribution in [2.24, 2.45) is 10.9 Å². The average molecular weight is 525 g/mol. The van der Waals surface area contributed by atoms with Crippen molar-refractivity contribution in [3.05, 3.63) is 53.9 Å². The number of halogens is 1. The summed E-state index contributed by atoms with van der Waals surface area (Å²) < 4.78 is 7.10. The van der Waals surface area contributed by atoms with E-state index in [1.165, 1.54) is 11.1 Å². The highest BCUT2D eigenvalue weighted by atomic mass is 127. The molecule has 3 rings (SSSR count). The van der Waals surface area contributed by atoms with Crippen LogP contribution in [0.3, 0.4) is 0 Å². The number of hydrogen-bond acceptors (Lipinski definition) is 4. The molecular weight excluding hydrogens is 493 g/mol. The zero-order valence-corrected chi connectivity index (χ0v) is 20.1. The fourth-order valence-electron chi connectivity index (χ4n) is 3.61. The number of carbonyl (C=O) groups is 1. The van der Waals surface area contributed by atoms with E-state index in [2.05, 4.69) is 46.5 Å². The summed E-state index contributed by atoms with van der Waals surface area (Å²) in [5, 5.41) is 7.71. The standard InChI is InChI=1S/C22H31N5O2.HI/c1-3-23-22(26-14-10-18(11-15-26)21(28)29-4-2)24-16-19-8-5-6-9-20(19)17-27-13-7-12-25-27;/h5-9,12-13,18H,3-4,10-11,14-17H2,1-2H3,(H,23,24);1H. The maximum Gasteiger partial charge on any atom is 0.309 e. The summed E-state index contributed by atoms with van der Waals surface area (Å²) in [6.45, 7) is 8.15. The van der Waals surface area contributed by atoms with Crippen LogP contribution >= 0.6 is 24.0 Å².